The minimum atomic E-state index is -1.03. The molecule has 0 radical (unpaired) electrons. The van der Waals surface area contributed by atoms with E-state index in [9.17, 15) is 0 Å². The molecule has 0 bridgehead atoms. The summed E-state index contributed by atoms with van der Waals surface area (Å²) >= 11 is 0. The second-order valence-corrected chi connectivity index (χ2v) is 9.09. The number of hydrogen-bond donors (Lipinski definition) is 1. The van der Waals surface area contributed by atoms with Crippen molar-refractivity contribution in [3.8, 4) is 5.75 Å². The van der Waals surface area contributed by atoms with E-state index >= 15 is 0 Å². The standard InChI is InChI=1S/C24H44O2Si/c1-2-3-4-5-6-7-8-9-10-11-12-13-14-15-16-17-22-26-23-18-20-24(27-25)21-19-23/h18-21,25H,2-17,22,27H2,1H3. The van der Waals surface area contributed by atoms with E-state index in [-0.39, 0.29) is 0 Å². The van der Waals surface area contributed by atoms with E-state index in [0.29, 0.717) is 0 Å². The van der Waals surface area contributed by atoms with Crippen LogP contribution in [0, 0.1) is 0 Å². The highest BCUT2D eigenvalue weighted by molar-refractivity contribution is 6.45. The van der Waals surface area contributed by atoms with Crippen molar-refractivity contribution in [2.75, 3.05) is 6.61 Å². The maximum atomic E-state index is 9.16. The molecule has 0 aliphatic heterocycles. The van der Waals surface area contributed by atoms with Gasteiger partial charge in [-0.1, -0.05) is 115 Å². The van der Waals surface area contributed by atoms with Gasteiger partial charge in [-0.3, -0.25) is 0 Å². The van der Waals surface area contributed by atoms with Gasteiger partial charge in [0.1, 0.15) is 5.75 Å². The second-order valence-electron chi connectivity index (χ2n) is 7.95. The molecule has 1 aromatic carbocycles. The molecule has 0 aliphatic carbocycles. The monoisotopic (exact) mass is 392 g/mol. The fourth-order valence-electron chi connectivity index (χ4n) is 3.53. The molecule has 0 saturated carbocycles. The van der Waals surface area contributed by atoms with E-state index in [1.54, 1.807) is 0 Å². The molecule has 1 aromatic rings. The largest absolute Gasteiger partial charge is 0.494 e. The molecule has 0 unspecified atom stereocenters. The van der Waals surface area contributed by atoms with Gasteiger partial charge in [0.25, 0.3) is 0 Å². The van der Waals surface area contributed by atoms with Crippen molar-refractivity contribution in [3.63, 3.8) is 0 Å². The van der Waals surface area contributed by atoms with Gasteiger partial charge in [0, 0.05) is 0 Å². The van der Waals surface area contributed by atoms with Crippen LogP contribution in [0.25, 0.3) is 0 Å². The van der Waals surface area contributed by atoms with E-state index < -0.39 is 9.76 Å². The van der Waals surface area contributed by atoms with Gasteiger partial charge in [0.2, 0.25) is 0 Å². The summed E-state index contributed by atoms with van der Waals surface area (Å²) in [6, 6.07) is 7.92. The molecule has 0 saturated heterocycles. The molecule has 1 N–H and O–H groups in total. The molecule has 2 nitrogen and oxygen atoms in total. The average molecular weight is 393 g/mol. The highest BCUT2D eigenvalue weighted by atomic mass is 28.2. The Bertz CT molecular complexity index is 419. The molecule has 0 atom stereocenters. The van der Waals surface area contributed by atoms with Crippen molar-refractivity contribution in [1.82, 2.24) is 0 Å². The van der Waals surface area contributed by atoms with Gasteiger partial charge in [-0.2, -0.15) is 0 Å². The first-order valence-corrected chi connectivity index (χ1v) is 13.0. The Morgan fingerprint density at radius 1 is 0.630 bits per heavy atom. The van der Waals surface area contributed by atoms with Crippen LogP contribution in [-0.2, 0) is 0 Å². The topological polar surface area (TPSA) is 29.5 Å². The van der Waals surface area contributed by atoms with Crippen LogP contribution in [0.3, 0.4) is 0 Å². The zero-order valence-corrected chi connectivity index (χ0v) is 19.3. The highest BCUT2D eigenvalue weighted by Gasteiger charge is 1.97. The van der Waals surface area contributed by atoms with E-state index in [4.69, 9.17) is 9.53 Å². The number of benzene rings is 1. The fourth-order valence-corrected chi connectivity index (χ4v) is 3.98. The normalized spacial score (nSPS) is 11.5. The van der Waals surface area contributed by atoms with Crippen LogP contribution < -0.4 is 9.92 Å². The summed E-state index contributed by atoms with van der Waals surface area (Å²) < 4.78 is 5.76. The van der Waals surface area contributed by atoms with Crippen molar-refractivity contribution in [2.45, 2.75) is 110 Å². The number of hydrogen-bond acceptors (Lipinski definition) is 2. The van der Waals surface area contributed by atoms with Crippen molar-refractivity contribution >= 4 is 14.9 Å². The van der Waals surface area contributed by atoms with Crippen LogP contribution in [0.4, 0.5) is 0 Å². The number of unbranched alkanes of at least 4 members (excludes halogenated alkanes) is 15. The van der Waals surface area contributed by atoms with Gasteiger partial charge in [0.05, 0.1) is 6.61 Å². The summed E-state index contributed by atoms with van der Waals surface area (Å²) in [5.74, 6) is 0.933. The molecule has 0 fully saturated rings. The zero-order valence-electron chi connectivity index (χ0n) is 17.9. The fraction of sp³-hybridized carbons (Fsp3) is 0.750. The van der Waals surface area contributed by atoms with Crippen LogP contribution in [0.2, 0.25) is 0 Å². The van der Waals surface area contributed by atoms with Crippen molar-refractivity contribution < 1.29 is 9.53 Å². The number of ether oxygens (including phenoxy) is 1. The highest BCUT2D eigenvalue weighted by Crippen LogP contribution is 2.14. The Balaban J connectivity index is 1.75. The Labute approximate surface area is 171 Å². The van der Waals surface area contributed by atoms with Crippen LogP contribution in [0.1, 0.15) is 110 Å². The smallest absolute Gasteiger partial charge is 0.187 e. The molecule has 156 valence electrons. The molecule has 0 heterocycles. The van der Waals surface area contributed by atoms with E-state index in [2.05, 4.69) is 6.92 Å². The predicted molar refractivity (Wildman–Crippen MR) is 122 cm³/mol. The Hall–Kier alpha value is -0.803. The lowest BCUT2D eigenvalue weighted by Gasteiger charge is -2.07. The minimum Gasteiger partial charge on any atom is -0.494 e. The predicted octanol–water partition coefficient (Wildman–Crippen LogP) is 6.03. The van der Waals surface area contributed by atoms with Crippen molar-refractivity contribution in [2.24, 2.45) is 0 Å². The zero-order chi connectivity index (χ0) is 19.4. The van der Waals surface area contributed by atoms with Gasteiger partial charge in [-0.05, 0) is 23.7 Å². The molecular formula is C24H44O2Si. The van der Waals surface area contributed by atoms with Crippen LogP contribution in [-0.4, -0.2) is 21.2 Å². The summed E-state index contributed by atoms with van der Waals surface area (Å²) in [6.07, 6.45) is 22.4. The summed E-state index contributed by atoms with van der Waals surface area (Å²) in [6.45, 7) is 3.10. The molecule has 0 aliphatic rings. The molecule has 1 rings (SSSR count). The summed E-state index contributed by atoms with van der Waals surface area (Å²) in [5.41, 5.74) is 0. The molecule has 0 amide bonds. The lowest BCUT2D eigenvalue weighted by molar-refractivity contribution is 0.304. The minimum absolute atomic E-state index is 0.814. The second kappa shape index (κ2) is 18.6. The van der Waals surface area contributed by atoms with Gasteiger partial charge in [0.15, 0.2) is 9.76 Å². The Morgan fingerprint density at radius 3 is 1.44 bits per heavy atom. The van der Waals surface area contributed by atoms with Gasteiger partial charge < -0.3 is 9.53 Å². The SMILES string of the molecule is CCCCCCCCCCCCCCCCCCOc1ccc([SiH2]O)cc1. The van der Waals surface area contributed by atoms with Crippen molar-refractivity contribution in [3.05, 3.63) is 24.3 Å². The molecule has 0 spiro atoms. The first-order chi connectivity index (χ1) is 13.4. The lowest BCUT2D eigenvalue weighted by Crippen LogP contribution is -2.12. The van der Waals surface area contributed by atoms with Crippen LogP contribution in [0.15, 0.2) is 24.3 Å². The van der Waals surface area contributed by atoms with Gasteiger partial charge in [-0.15, -0.1) is 0 Å². The maximum Gasteiger partial charge on any atom is 0.187 e. The Morgan fingerprint density at radius 2 is 1.04 bits per heavy atom. The summed E-state index contributed by atoms with van der Waals surface area (Å²) in [5, 5.41) is 1.07. The first-order valence-electron chi connectivity index (χ1n) is 11.7. The first kappa shape index (κ1) is 24.2. The average Bonchev–Trinajstić information content (AvgIpc) is 2.70. The van der Waals surface area contributed by atoms with E-state index in [1.807, 2.05) is 24.3 Å². The third-order valence-electron chi connectivity index (χ3n) is 5.37. The van der Waals surface area contributed by atoms with Crippen LogP contribution in [0.5, 0.6) is 5.75 Å². The van der Waals surface area contributed by atoms with Gasteiger partial charge in [-0.25, -0.2) is 0 Å². The third kappa shape index (κ3) is 14.9. The van der Waals surface area contributed by atoms with E-state index in [0.717, 1.165) is 24.0 Å². The maximum absolute atomic E-state index is 9.16. The van der Waals surface area contributed by atoms with Gasteiger partial charge >= 0.3 is 0 Å². The Kier molecular flexibility index (Phi) is 16.7. The molecule has 27 heavy (non-hydrogen) atoms. The lowest BCUT2D eigenvalue weighted by atomic mass is 10.0. The molecular weight excluding hydrogens is 348 g/mol. The summed E-state index contributed by atoms with van der Waals surface area (Å²) in [4.78, 5) is 9.16. The molecule has 0 aromatic heterocycles. The third-order valence-corrected chi connectivity index (χ3v) is 6.21. The molecule has 3 heteroatoms. The van der Waals surface area contributed by atoms with Crippen LogP contribution >= 0.6 is 0 Å². The van der Waals surface area contributed by atoms with E-state index in [1.165, 1.54) is 96.3 Å². The van der Waals surface area contributed by atoms with Crippen molar-refractivity contribution in [1.29, 1.82) is 0 Å². The number of rotatable bonds is 19. The quantitative estimate of drug-likeness (QED) is 0.230. The summed E-state index contributed by atoms with van der Waals surface area (Å²) in [7, 11) is -1.03.